The van der Waals surface area contributed by atoms with E-state index in [4.69, 9.17) is 11.6 Å². The van der Waals surface area contributed by atoms with Gasteiger partial charge in [0.15, 0.2) is 0 Å². The van der Waals surface area contributed by atoms with Gasteiger partial charge in [-0.3, -0.25) is 14.8 Å². The number of imide groups is 1. The molecule has 0 saturated carbocycles. The monoisotopic (exact) mass is 442 g/mol. The molecule has 2 N–H and O–H groups in total. The lowest BCUT2D eigenvalue weighted by molar-refractivity contribution is -0.118. The van der Waals surface area contributed by atoms with Crippen molar-refractivity contribution in [1.29, 1.82) is 0 Å². The van der Waals surface area contributed by atoms with Crippen LogP contribution in [0.3, 0.4) is 0 Å². The molecule has 1 radical (unpaired) electrons. The minimum atomic E-state index is -4.06. The van der Waals surface area contributed by atoms with E-state index in [1.807, 2.05) is 0 Å². The minimum absolute atomic E-state index is 0.0776. The van der Waals surface area contributed by atoms with Crippen LogP contribution in [-0.4, -0.2) is 49.2 Å². The average molecular weight is 442 g/mol. The number of anilines is 1. The summed E-state index contributed by atoms with van der Waals surface area (Å²) in [6, 6.07) is 11.0. The van der Waals surface area contributed by atoms with Gasteiger partial charge in [0.25, 0.3) is 0 Å². The van der Waals surface area contributed by atoms with Crippen LogP contribution in [0.1, 0.15) is 18.4 Å². The van der Waals surface area contributed by atoms with Gasteiger partial charge in [-0.1, -0.05) is 24.1 Å². The van der Waals surface area contributed by atoms with Crippen LogP contribution < -0.4 is 10.4 Å². The summed E-state index contributed by atoms with van der Waals surface area (Å²) in [5.74, 6) is 1.63. The number of sulfonamides is 1. The Morgan fingerprint density at radius 2 is 1.74 bits per heavy atom. The van der Waals surface area contributed by atoms with E-state index in [1.165, 1.54) is 48.9 Å². The molecular weight excluding hydrogens is 422 g/mol. The third-order valence-electron chi connectivity index (χ3n) is 4.47. The van der Waals surface area contributed by atoms with Crippen LogP contribution in [-0.2, 0) is 19.6 Å². The maximum absolute atomic E-state index is 12.8. The third kappa shape index (κ3) is 5.55. The number of urea groups is 1. The molecule has 161 valence electrons. The van der Waals surface area contributed by atoms with Crippen molar-refractivity contribution in [2.24, 2.45) is 0 Å². The average Bonchev–Trinajstić information content (AvgIpc) is 2.80. The topological polar surface area (TPSA) is 124 Å². The molecule has 3 amide bonds. The van der Waals surface area contributed by atoms with Gasteiger partial charge in [-0.15, -0.1) is 6.42 Å². The van der Waals surface area contributed by atoms with Crippen molar-refractivity contribution in [3.63, 3.8) is 0 Å². The van der Waals surface area contributed by atoms with Gasteiger partial charge in [0.2, 0.25) is 22.2 Å². The van der Waals surface area contributed by atoms with Crippen LogP contribution in [0.5, 0.6) is 0 Å². The van der Waals surface area contributed by atoms with Gasteiger partial charge in [0, 0.05) is 19.0 Å². The first kappa shape index (κ1) is 23.8. The predicted octanol–water partition coefficient (Wildman–Crippen LogP) is 1.68. The first-order valence-electron chi connectivity index (χ1n) is 9.00. The summed E-state index contributed by atoms with van der Waals surface area (Å²) in [5, 5.41) is 8.94. The highest BCUT2D eigenvalue weighted by molar-refractivity contribution is 7.89. The number of carbonyl (C=O) groups is 2. The van der Waals surface area contributed by atoms with Gasteiger partial charge in [-0.25, -0.2) is 23.6 Å². The fourth-order valence-corrected chi connectivity index (χ4v) is 4.04. The summed E-state index contributed by atoms with van der Waals surface area (Å²) >= 11 is 0. The standard InChI is InChI=1S/C21H20N3O6S/c1-3-16-9-12-19(13-10-16)31(29,30)23(2)18(15-25)11-14-20(26)24(21(27)22-28)17-7-5-4-6-8-17/h1,4-10,12-13,18,28H,11,14H2,2H3,(H,22,27)/t18-/m1/s1. The Balaban J connectivity index is 2.17. The number of para-hydroxylation sites is 1. The molecule has 1 atom stereocenters. The van der Waals surface area contributed by atoms with E-state index in [0.29, 0.717) is 10.5 Å². The van der Waals surface area contributed by atoms with Gasteiger partial charge < -0.3 is 0 Å². The quantitative estimate of drug-likeness (QED) is 0.364. The number of terminal acetylenes is 1. The SMILES string of the molecule is C#Cc1ccc(S(=O)(=O)N(C)[C@@H]([C]=O)CCC(=O)N(C(=O)NO)c2ccccc2)cc1. The van der Waals surface area contributed by atoms with Gasteiger partial charge >= 0.3 is 6.03 Å². The lowest BCUT2D eigenvalue weighted by atomic mass is 10.1. The molecular formula is C21H20N3O6S. The van der Waals surface area contributed by atoms with Crippen LogP contribution in [0.2, 0.25) is 0 Å². The number of hydrogen-bond donors (Lipinski definition) is 2. The Labute approximate surface area is 180 Å². The highest BCUT2D eigenvalue weighted by atomic mass is 32.2. The number of hydrogen-bond acceptors (Lipinski definition) is 6. The summed E-state index contributed by atoms with van der Waals surface area (Å²) in [5.41, 5.74) is 2.08. The van der Waals surface area contributed by atoms with Crippen molar-refractivity contribution in [3.05, 3.63) is 60.2 Å². The molecule has 0 unspecified atom stereocenters. The smallest absolute Gasteiger partial charge is 0.289 e. The van der Waals surface area contributed by atoms with Gasteiger partial charge in [-0.2, -0.15) is 4.31 Å². The molecule has 0 saturated heterocycles. The van der Waals surface area contributed by atoms with E-state index >= 15 is 0 Å². The van der Waals surface area contributed by atoms with E-state index in [9.17, 15) is 22.8 Å². The number of rotatable bonds is 8. The van der Waals surface area contributed by atoms with Gasteiger partial charge in [-0.05, 0) is 42.8 Å². The van der Waals surface area contributed by atoms with Crippen LogP contribution in [0.4, 0.5) is 10.5 Å². The van der Waals surface area contributed by atoms with Crippen molar-refractivity contribution >= 4 is 33.9 Å². The molecule has 2 aromatic rings. The highest BCUT2D eigenvalue weighted by Gasteiger charge is 2.30. The van der Waals surface area contributed by atoms with E-state index in [-0.39, 0.29) is 23.4 Å². The molecule has 0 aromatic heterocycles. The maximum atomic E-state index is 12.8. The number of amides is 3. The fourth-order valence-electron chi connectivity index (χ4n) is 2.75. The number of carbonyl (C=O) groups excluding carboxylic acids is 3. The molecule has 0 aliphatic rings. The van der Waals surface area contributed by atoms with Crippen molar-refractivity contribution in [2.45, 2.75) is 23.8 Å². The Hall–Kier alpha value is -3.52. The third-order valence-corrected chi connectivity index (χ3v) is 6.35. The summed E-state index contributed by atoms with van der Waals surface area (Å²) in [6.45, 7) is 0. The number of likely N-dealkylation sites (N-methyl/N-ethyl adjacent to an activating group) is 1. The Morgan fingerprint density at radius 1 is 1.13 bits per heavy atom. The summed E-state index contributed by atoms with van der Waals surface area (Å²) in [4.78, 5) is 36.6. The lowest BCUT2D eigenvalue weighted by Gasteiger charge is -2.24. The lowest BCUT2D eigenvalue weighted by Crippen LogP contribution is -2.44. The van der Waals surface area contributed by atoms with E-state index in [0.717, 1.165) is 4.31 Å². The first-order valence-corrected chi connectivity index (χ1v) is 10.4. The fraction of sp³-hybridized carbons (Fsp3) is 0.190. The highest BCUT2D eigenvalue weighted by Crippen LogP contribution is 2.20. The Kier molecular flexibility index (Phi) is 8.04. The molecule has 31 heavy (non-hydrogen) atoms. The van der Waals surface area contributed by atoms with Crippen LogP contribution >= 0.6 is 0 Å². The van der Waals surface area contributed by atoms with Gasteiger partial charge in [0.1, 0.15) is 0 Å². The number of nitrogens with one attached hydrogen (secondary N) is 1. The molecule has 0 spiro atoms. The predicted molar refractivity (Wildman–Crippen MR) is 112 cm³/mol. The normalized spacial score (nSPS) is 11.9. The molecule has 0 aliphatic heterocycles. The van der Waals surface area contributed by atoms with Crippen molar-refractivity contribution < 1.29 is 28.0 Å². The first-order chi connectivity index (χ1) is 14.8. The Bertz CT molecular complexity index is 1080. The molecule has 0 aliphatic carbocycles. The second kappa shape index (κ2) is 10.5. The van der Waals surface area contributed by atoms with E-state index < -0.39 is 28.0 Å². The summed E-state index contributed by atoms with van der Waals surface area (Å²) in [7, 11) is -2.86. The maximum Gasteiger partial charge on any atom is 0.352 e. The summed E-state index contributed by atoms with van der Waals surface area (Å²) < 4.78 is 26.4. The number of hydroxylamine groups is 1. The van der Waals surface area contributed by atoms with Crippen LogP contribution in [0, 0.1) is 12.3 Å². The second-order valence-corrected chi connectivity index (χ2v) is 8.34. The summed E-state index contributed by atoms with van der Waals surface area (Å²) in [6.07, 6.45) is 6.29. The zero-order chi connectivity index (χ0) is 23.0. The zero-order valence-electron chi connectivity index (χ0n) is 16.6. The Morgan fingerprint density at radius 3 is 2.26 bits per heavy atom. The molecule has 0 fully saturated rings. The van der Waals surface area contributed by atoms with E-state index in [2.05, 4.69) is 5.92 Å². The van der Waals surface area contributed by atoms with Crippen molar-refractivity contribution in [3.8, 4) is 12.3 Å². The van der Waals surface area contributed by atoms with Gasteiger partial charge in [0.05, 0.1) is 16.6 Å². The molecule has 10 heteroatoms. The molecule has 0 heterocycles. The molecule has 2 rings (SSSR count). The molecule has 0 bridgehead atoms. The van der Waals surface area contributed by atoms with Crippen molar-refractivity contribution in [2.75, 3.05) is 11.9 Å². The number of benzene rings is 2. The zero-order valence-corrected chi connectivity index (χ0v) is 17.4. The van der Waals surface area contributed by atoms with E-state index in [1.54, 1.807) is 24.5 Å². The largest absolute Gasteiger partial charge is 0.352 e. The second-order valence-electron chi connectivity index (χ2n) is 6.34. The van der Waals surface area contributed by atoms with Crippen LogP contribution in [0.25, 0.3) is 0 Å². The minimum Gasteiger partial charge on any atom is -0.289 e. The molecule has 9 nitrogen and oxygen atoms in total. The van der Waals surface area contributed by atoms with Crippen LogP contribution in [0.15, 0.2) is 59.5 Å². The number of nitrogens with zero attached hydrogens (tertiary/aromatic N) is 2. The van der Waals surface area contributed by atoms with Crippen molar-refractivity contribution in [1.82, 2.24) is 9.79 Å². The molecule has 2 aromatic carbocycles.